The van der Waals surface area contributed by atoms with Gasteiger partial charge in [-0.3, -0.25) is 4.79 Å². The van der Waals surface area contributed by atoms with Crippen molar-refractivity contribution in [2.24, 2.45) is 0 Å². The van der Waals surface area contributed by atoms with Gasteiger partial charge < -0.3 is 15.2 Å². The molecule has 0 aromatic carbocycles. The molecule has 0 saturated carbocycles. The number of carbonyl (C=O) groups is 2. The van der Waals surface area contributed by atoms with Gasteiger partial charge in [0.1, 0.15) is 5.76 Å². The van der Waals surface area contributed by atoms with Crippen LogP contribution in [0.25, 0.3) is 16.2 Å². The van der Waals surface area contributed by atoms with Gasteiger partial charge in [0.15, 0.2) is 0 Å². The topological polar surface area (TPSA) is 90.4 Å². The van der Waals surface area contributed by atoms with E-state index in [0.29, 0.717) is 11.8 Å². The van der Waals surface area contributed by atoms with Crippen LogP contribution in [0.15, 0.2) is 35.9 Å². The van der Waals surface area contributed by atoms with E-state index in [1.807, 2.05) is 17.5 Å². The summed E-state index contributed by atoms with van der Waals surface area (Å²) in [4.78, 5) is 25.1. The molecule has 0 aliphatic rings. The molecular formula is C12H9NO4S. The molecule has 2 rings (SSSR count). The maximum Gasteiger partial charge on any atom is 0.376 e. The Morgan fingerprint density at radius 1 is 1.28 bits per heavy atom. The van der Waals surface area contributed by atoms with E-state index in [2.05, 4.69) is 4.98 Å². The fourth-order valence-corrected chi connectivity index (χ4v) is 2.23. The van der Waals surface area contributed by atoms with E-state index in [4.69, 9.17) is 5.11 Å². The fourth-order valence-electron chi connectivity index (χ4n) is 1.48. The monoisotopic (exact) mass is 263 g/mol. The van der Waals surface area contributed by atoms with Crippen molar-refractivity contribution in [3.05, 3.63) is 41.5 Å². The third kappa shape index (κ3) is 2.33. The van der Waals surface area contributed by atoms with Gasteiger partial charge in [0.2, 0.25) is 0 Å². The van der Waals surface area contributed by atoms with Crippen LogP contribution in [0.5, 0.6) is 0 Å². The highest BCUT2D eigenvalue weighted by Crippen LogP contribution is 2.30. The lowest BCUT2D eigenvalue weighted by molar-refractivity contribution is -0.146. The number of carbonyl (C=O) groups excluding carboxylic acids is 1. The van der Waals surface area contributed by atoms with Crippen LogP contribution in [0.3, 0.4) is 0 Å². The van der Waals surface area contributed by atoms with Crippen molar-refractivity contribution in [2.45, 2.75) is 0 Å². The molecule has 0 radical (unpaired) electrons. The van der Waals surface area contributed by atoms with E-state index >= 15 is 0 Å². The fraction of sp³-hybridized carbons (Fsp3) is 0. The van der Waals surface area contributed by atoms with Crippen molar-refractivity contribution < 1.29 is 19.8 Å². The minimum atomic E-state index is -1.61. The lowest BCUT2D eigenvalue weighted by atomic mass is 10.1. The molecule has 2 aromatic heterocycles. The van der Waals surface area contributed by atoms with Crippen LogP contribution in [0.2, 0.25) is 0 Å². The van der Waals surface area contributed by atoms with Crippen LogP contribution in [-0.2, 0) is 9.59 Å². The van der Waals surface area contributed by atoms with E-state index in [1.54, 1.807) is 12.3 Å². The largest absolute Gasteiger partial charge is 0.506 e. The molecule has 0 saturated heterocycles. The number of rotatable bonds is 4. The minimum Gasteiger partial charge on any atom is -0.506 e. The molecule has 0 spiro atoms. The van der Waals surface area contributed by atoms with E-state index in [1.165, 1.54) is 11.3 Å². The summed E-state index contributed by atoms with van der Waals surface area (Å²) >= 11 is 1.48. The number of hydrogen-bond donors (Lipinski definition) is 3. The third-order valence-electron chi connectivity index (χ3n) is 2.27. The molecule has 0 amide bonds. The first-order chi connectivity index (χ1) is 8.59. The highest BCUT2D eigenvalue weighted by atomic mass is 32.1. The summed E-state index contributed by atoms with van der Waals surface area (Å²) in [5.41, 5.74) is 1.05. The van der Waals surface area contributed by atoms with E-state index < -0.39 is 17.5 Å². The number of aliphatic hydroxyl groups is 1. The Morgan fingerprint density at radius 3 is 2.67 bits per heavy atom. The molecule has 3 N–H and O–H groups in total. The predicted octanol–water partition coefficient (Wildman–Crippen LogP) is 2.30. The summed E-state index contributed by atoms with van der Waals surface area (Å²) in [6, 6.07) is 5.47. The molecule has 92 valence electrons. The molecule has 0 atom stereocenters. The molecule has 0 aliphatic carbocycles. The molecular weight excluding hydrogens is 254 g/mol. The number of aliphatic hydroxyl groups excluding tert-OH is 1. The summed E-state index contributed by atoms with van der Waals surface area (Å²) in [5, 5.41) is 20.1. The highest BCUT2D eigenvalue weighted by Gasteiger charge is 2.15. The summed E-state index contributed by atoms with van der Waals surface area (Å²) in [5.74, 6) is -3.17. The average molecular weight is 263 g/mol. The zero-order valence-electron chi connectivity index (χ0n) is 9.08. The number of ketones is 1. The molecule has 2 heterocycles. The molecule has 18 heavy (non-hydrogen) atoms. The molecule has 0 bridgehead atoms. The molecule has 0 fully saturated rings. The predicted molar refractivity (Wildman–Crippen MR) is 67.4 cm³/mol. The van der Waals surface area contributed by atoms with Crippen LogP contribution < -0.4 is 0 Å². The number of aliphatic carboxylic acids is 1. The van der Waals surface area contributed by atoms with Crippen LogP contribution in [0, 0.1) is 0 Å². The first-order valence-electron chi connectivity index (χ1n) is 4.99. The van der Waals surface area contributed by atoms with Gasteiger partial charge >= 0.3 is 5.97 Å². The molecule has 2 aromatic rings. The van der Waals surface area contributed by atoms with Crippen LogP contribution >= 0.6 is 11.3 Å². The normalized spacial score (nSPS) is 11.4. The standard InChI is InChI=1S/C12H9NO4S/c14-8(6-9(15)12(16)17)11-7(3-4-13-11)10-2-1-5-18-10/h1-6,13-14H,(H,16,17). The molecule has 5 nitrogen and oxygen atoms in total. The van der Waals surface area contributed by atoms with Crippen molar-refractivity contribution in [3.8, 4) is 10.4 Å². The lowest BCUT2D eigenvalue weighted by Gasteiger charge is -2.00. The highest BCUT2D eigenvalue weighted by molar-refractivity contribution is 7.13. The van der Waals surface area contributed by atoms with Gasteiger partial charge in [0, 0.05) is 22.7 Å². The second-order valence-corrected chi connectivity index (χ2v) is 4.39. The number of thiophene rings is 1. The smallest absolute Gasteiger partial charge is 0.376 e. The van der Waals surface area contributed by atoms with Crippen LogP contribution in [0.4, 0.5) is 0 Å². The Hall–Kier alpha value is -2.34. The number of nitrogens with one attached hydrogen (secondary N) is 1. The number of hydrogen-bond acceptors (Lipinski definition) is 4. The second kappa shape index (κ2) is 4.89. The Bertz CT molecular complexity index is 610. The number of aromatic nitrogens is 1. The lowest BCUT2D eigenvalue weighted by Crippen LogP contribution is -2.09. The van der Waals surface area contributed by atoms with Gasteiger partial charge in [-0.25, -0.2) is 4.79 Å². The van der Waals surface area contributed by atoms with Crippen LogP contribution in [-0.4, -0.2) is 26.9 Å². The van der Waals surface area contributed by atoms with Crippen molar-refractivity contribution in [2.75, 3.05) is 0 Å². The van der Waals surface area contributed by atoms with Crippen molar-refractivity contribution in [1.82, 2.24) is 4.98 Å². The zero-order valence-corrected chi connectivity index (χ0v) is 9.90. The number of aromatic amines is 1. The molecule has 6 heteroatoms. The van der Waals surface area contributed by atoms with Gasteiger partial charge in [0.25, 0.3) is 5.78 Å². The Kier molecular flexibility index (Phi) is 3.29. The number of carboxylic acids is 1. The number of H-pyrrole nitrogens is 1. The van der Waals surface area contributed by atoms with Crippen molar-refractivity contribution in [1.29, 1.82) is 0 Å². The Morgan fingerprint density at radius 2 is 2.06 bits per heavy atom. The second-order valence-electron chi connectivity index (χ2n) is 3.44. The van der Waals surface area contributed by atoms with E-state index in [0.717, 1.165) is 10.4 Å². The number of carboxylic acid groups (broad SMARTS) is 1. The van der Waals surface area contributed by atoms with E-state index in [-0.39, 0.29) is 0 Å². The zero-order chi connectivity index (χ0) is 13.1. The Balaban J connectivity index is 2.38. The summed E-state index contributed by atoms with van der Waals surface area (Å²) in [6.45, 7) is 0. The van der Waals surface area contributed by atoms with Crippen molar-refractivity contribution >= 4 is 28.8 Å². The SMILES string of the molecule is O=C(O)C(=O)C=C(O)c1[nH]ccc1-c1cccs1. The Labute approximate surface area is 106 Å². The van der Waals surface area contributed by atoms with Crippen LogP contribution in [0.1, 0.15) is 5.69 Å². The van der Waals surface area contributed by atoms with Gasteiger partial charge in [-0.15, -0.1) is 11.3 Å². The summed E-state index contributed by atoms with van der Waals surface area (Å²) < 4.78 is 0. The van der Waals surface area contributed by atoms with Gasteiger partial charge in [-0.1, -0.05) is 6.07 Å². The van der Waals surface area contributed by atoms with Crippen molar-refractivity contribution in [3.63, 3.8) is 0 Å². The first-order valence-corrected chi connectivity index (χ1v) is 5.87. The third-order valence-corrected chi connectivity index (χ3v) is 3.17. The summed E-state index contributed by atoms with van der Waals surface area (Å²) in [7, 11) is 0. The molecule has 0 aliphatic heterocycles. The maximum absolute atomic E-state index is 11.0. The summed E-state index contributed by atoms with van der Waals surface area (Å²) in [6.07, 6.45) is 2.30. The maximum atomic E-state index is 11.0. The quantitative estimate of drug-likeness (QED) is 0.448. The molecule has 0 unspecified atom stereocenters. The minimum absolute atomic E-state index is 0.326. The first kappa shape index (κ1) is 12.1. The van der Waals surface area contributed by atoms with Gasteiger partial charge in [0.05, 0.1) is 5.69 Å². The van der Waals surface area contributed by atoms with E-state index in [9.17, 15) is 14.7 Å². The van der Waals surface area contributed by atoms with Gasteiger partial charge in [-0.05, 0) is 17.5 Å². The van der Waals surface area contributed by atoms with Gasteiger partial charge in [-0.2, -0.15) is 0 Å². The average Bonchev–Trinajstić information content (AvgIpc) is 2.99.